The number of hydrogen-bond acceptors (Lipinski definition) is 2. The first kappa shape index (κ1) is 11.5. The summed E-state index contributed by atoms with van der Waals surface area (Å²) in [6.07, 6.45) is 6.09. The van der Waals surface area contributed by atoms with Gasteiger partial charge in [0.2, 0.25) is 0 Å². The standard InChI is InChI=1S/C16H15N3O/c1-16(6-7-16)14-12(15(20)19-18-14)8-10-9-17-13-5-3-2-4-11(10)13/h2-5,8-9,17H,6-7H2,1H3,(H,19,20)/b12-8-. The molecule has 1 saturated carbocycles. The van der Waals surface area contributed by atoms with Crippen LogP contribution in [0.1, 0.15) is 25.3 Å². The molecule has 1 fully saturated rings. The molecule has 0 spiro atoms. The Labute approximate surface area is 116 Å². The molecule has 20 heavy (non-hydrogen) atoms. The summed E-state index contributed by atoms with van der Waals surface area (Å²) in [4.78, 5) is 15.2. The smallest absolute Gasteiger partial charge is 0.273 e. The molecular formula is C16H15N3O. The van der Waals surface area contributed by atoms with Crippen molar-refractivity contribution in [3.8, 4) is 0 Å². The average Bonchev–Trinajstić information content (AvgIpc) is 2.92. The molecule has 2 N–H and O–H groups in total. The second-order valence-electron chi connectivity index (χ2n) is 5.81. The van der Waals surface area contributed by atoms with Gasteiger partial charge >= 0.3 is 0 Å². The van der Waals surface area contributed by atoms with Gasteiger partial charge < -0.3 is 4.98 Å². The minimum absolute atomic E-state index is 0.0805. The molecule has 0 atom stereocenters. The Morgan fingerprint density at radius 1 is 1.30 bits per heavy atom. The maximum absolute atomic E-state index is 12.0. The largest absolute Gasteiger partial charge is 0.361 e. The van der Waals surface area contributed by atoms with E-state index < -0.39 is 0 Å². The monoisotopic (exact) mass is 265 g/mol. The number of H-pyrrole nitrogens is 1. The van der Waals surface area contributed by atoms with E-state index in [2.05, 4.69) is 28.5 Å². The number of fused-ring (bicyclic) bond motifs is 1. The van der Waals surface area contributed by atoms with Crippen LogP contribution < -0.4 is 5.43 Å². The molecule has 4 nitrogen and oxygen atoms in total. The minimum Gasteiger partial charge on any atom is -0.361 e. The number of nitrogens with zero attached hydrogens (tertiary/aromatic N) is 1. The number of aromatic amines is 1. The van der Waals surface area contributed by atoms with Gasteiger partial charge in [-0.25, -0.2) is 5.43 Å². The summed E-state index contributed by atoms with van der Waals surface area (Å²) in [6, 6.07) is 8.09. The summed E-state index contributed by atoms with van der Waals surface area (Å²) in [6.45, 7) is 2.16. The second-order valence-corrected chi connectivity index (χ2v) is 5.81. The number of nitrogens with one attached hydrogen (secondary N) is 2. The van der Waals surface area contributed by atoms with Crippen LogP contribution >= 0.6 is 0 Å². The normalized spacial score (nSPS) is 22.1. The number of aromatic nitrogens is 1. The highest BCUT2D eigenvalue weighted by atomic mass is 16.2. The van der Waals surface area contributed by atoms with Crippen molar-refractivity contribution >= 4 is 28.6 Å². The number of para-hydroxylation sites is 1. The number of hydrazone groups is 1. The number of carbonyl (C=O) groups is 1. The van der Waals surface area contributed by atoms with Gasteiger partial charge in [-0.3, -0.25) is 4.79 Å². The van der Waals surface area contributed by atoms with E-state index >= 15 is 0 Å². The van der Waals surface area contributed by atoms with E-state index in [0.717, 1.165) is 35.0 Å². The van der Waals surface area contributed by atoms with Crippen LogP contribution in [0.15, 0.2) is 41.1 Å². The summed E-state index contributed by atoms with van der Waals surface area (Å²) in [5.41, 5.74) is 6.40. The number of rotatable bonds is 2. The van der Waals surface area contributed by atoms with Crippen LogP contribution in [0, 0.1) is 5.41 Å². The third kappa shape index (κ3) is 1.61. The zero-order valence-corrected chi connectivity index (χ0v) is 11.2. The molecule has 1 aliphatic heterocycles. The number of carbonyl (C=O) groups excluding carboxylic acids is 1. The molecule has 4 heteroatoms. The zero-order chi connectivity index (χ0) is 13.7. The molecule has 1 amide bonds. The second kappa shape index (κ2) is 3.82. The predicted octanol–water partition coefficient (Wildman–Crippen LogP) is 2.84. The van der Waals surface area contributed by atoms with E-state index in [1.54, 1.807) is 0 Å². The lowest BCUT2D eigenvalue weighted by atomic mass is 9.94. The van der Waals surface area contributed by atoms with Crippen LogP contribution in [0.3, 0.4) is 0 Å². The van der Waals surface area contributed by atoms with E-state index in [1.165, 1.54) is 0 Å². The quantitative estimate of drug-likeness (QED) is 0.806. The molecule has 100 valence electrons. The molecule has 2 aromatic rings. The third-order valence-electron chi connectivity index (χ3n) is 4.26. The topological polar surface area (TPSA) is 57.2 Å². The highest BCUT2D eigenvalue weighted by Crippen LogP contribution is 2.49. The van der Waals surface area contributed by atoms with Gasteiger partial charge in [0.25, 0.3) is 5.91 Å². The first-order valence-electron chi connectivity index (χ1n) is 6.84. The first-order valence-corrected chi connectivity index (χ1v) is 6.84. The summed E-state index contributed by atoms with van der Waals surface area (Å²) in [5, 5.41) is 5.36. The maximum atomic E-state index is 12.0. The van der Waals surface area contributed by atoms with Crippen molar-refractivity contribution in [2.24, 2.45) is 10.5 Å². The van der Waals surface area contributed by atoms with E-state index in [9.17, 15) is 4.79 Å². The molecule has 4 rings (SSSR count). The Bertz CT molecular complexity index is 778. The lowest BCUT2D eigenvalue weighted by Gasteiger charge is -2.07. The Morgan fingerprint density at radius 3 is 2.90 bits per heavy atom. The summed E-state index contributed by atoms with van der Waals surface area (Å²) >= 11 is 0. The lowest BCUT2D eigenvalue weighted by Crippen LogP contribution is -2.17. The summed E-state index contributed by atoms with van der Waals surface area (Å²) in [5.74, 6) is -0.0987. The molecule has 0 unspecified atom stereocenters. The average molecular weight is 265 g/mol. The third-order valence-corrected chi connectivity index (χ3v) is 4.26. The van der Waals surface area contributed by atoms with Gasteiger partial charge in [-0.2, -0.15) is 5.10 Å². The fourth-order valence-electron chi connectivity index (χ4n) is 2.72. The van der Waals surface area contributed by atoms with Crippen molar-refractivity contribution in [1.29, 1.82) is 0 Å². The van der Waals surface area contributed by atoms with Crippen molar-refractivity contribution in [3.63, 3.8) is 0 Å². The van der Waals surface area contributed by atoms with Gasteiger partial charge in [-0.1, -0.05) is 25.1 Å². The van der Waals surface area contributed by atoms with E-state index in [0.29, 0.717) is 5.57 Å². The van der Waals surface area contributed by atoms with E-state index in [1.807, 2.05) is 30.5 Å². The Kier molecular flexibility index (Phi) is 2.19. The zero-order valence-electron chi connectivity index (χ0n) is 11.2. The van der Waals surface area contributed by atoms with E-state index in [4.69, 9.17) is 0 Å². The van der Waals surface area contributed by atoms with Crippen LogP contribution in [-0.2, 0) is 4.79 Å². The number of benzene rings is 1. The maximum Gasteiger partial charge on any atom is 0.273 e. The van der Waals surface area contributed by atoms with Gasteiger partial charge in [0.05, 0.1) is 11.3 Å². The minimum atomic E-state index is -0.0987. The first-order chi connectivity index (χ1) is 9.67. The molecule has 2 heterocycles. The molecule has 1 aliphatic carbocycles. The molecular weight excluding hydrogens is 250 g/mol. The summed E-state index contributed by atoms with van der Waals surface area (Å²) in [7, 11) is 0. The number of amides is 1. The van der Waals surface area contributed by atoms with Crippen LogP contribution in [0.25, 0.3) is 17.0 Å². The van der Waals surface area contributed by atoms with Gasteiger partial charge in [0.15, 0.2) is 0 Å². The van der Waals surface area contributed by atoms with Crippen LogP contribution in [0.5, 0.6) is 0 Å². The molecule has 2 aliphatic rings. The van der Waals surface area contributed by atoms with E-state index in [-0.39, 0.29) is 11.3 Å². The highest BCUT2D eigenvalue weighted by Gasteiger charge is 2.47. The molecule has 1 aromatic carbocycles. The molecule has 1 aromatic heterocycles. The fourth-order valence-corrected chi connectivity index (χ4v) is 2.72. The highest BCUT2D eigenvalue weighted by molar-refractivity contribution is 6.30. The SMILES string of the molecule is CC1(C2=NNC(=O)/C2=C\c2c[nH]c3ccccc23)CC1. The van der Waals surface area contributed by atoms with Crippen molar-refractivity contribution < 1.29 is 4.79 Å². The Hall–Kier alpha value is -2.36. The molecule has 0 saturated heterocycles. The van der Waals surface area contributed by atoms with Crippen molar-refractivity contribution in [3.05, 3.63) is 41.6 Å². The fraction of sp³-hybridized carbons (Fsp3) is 0.250. The van der Waals surface area contributed by atoms with Crippen LogP contribution in [0.2, 0.25) is 0 Å². The van der Waals surface area contributed by atoms with Gasteiger partial charge in [-0.15, -0.1) is 0 Å². The van der Waals surface area contributed by atoms with Crippen molar-refractivity contribution in [1.82, 2.24) is 10.4 Å². The molecule has 0 radical (unpaired) electrons. The summed E-state index contributed by atoms with van der Waals surface area (Å²) < 4.78 is 0. The molecule has 0 bridgehead atoms. The van der Waals surface area contributed by atoms with Gasteiger partial charge in [-0.05, 0) is 25.0 Å². The van der Waals surface area contributed by atoms with Crippen LogP contribution in [0.4, 0.5) is 0 Å². The van der Waals surface area contributed by atoms with Crippen molar-refractivity contribution in [2.75, 3.05) is 0 Å². The number of hydrogen-bond donors (Lipinski definition) is 2. The Balaban J connectivity index is 1.82. The lowest BCUT2D eigenvalue weighted by molar-refractivity contribution is -0.116. The van der Waals surface area contributed by atoms with Crippen LogP contribution in [-0.4, -0.2) is 16.6 Å². The van der Waals surface area contributed by atoms with Gasteiger partial charge in [0.1, 0.15) is 0 Å². The van der Waals surface area contributed by atoms with Crippen molar-refractivity contribution in [2.45, 2.75) is 19.8 Å². The predicted molar refractivity (Wildman–Crippen MR) is 79.2 cm³/mol. The van der Waals surface area contributed by atoms with Gasteiger partial charge in [0, 0.05) is 28.1 Å². The Morgan fingerprint density at radius 2 is 2.10 bits per heavy atom.